The van der Waals surface area contributed by atoms with Crippen LogP contribution >= 0.6 is 0 Å². The molecule has 2 heterocycles. The molecule has 0 atom stereocenters. The van der Waals surface area contributed by atoms with Gasteiger partial charge in [0.1, 0.15) is 12.0 Å². The van der Waals surface area contributed by atoms with E-state index in [4.69, 9.17) is 4.52 Å². The van der Waals surface area contributed by atoms with Crippen molar-refractivity contribution in [3.63, 3.8) is 0 Å². The Morgan fingerprint density at radius 3 is 2.83 bits per heavy atom. The van der Waals surface area contributed by atoms with Crippen LogP contribution < -0.4 is 10.6 Å². The molecule has 0 bridgehead atoms. The molecule has 0 unspecified atom stereocenters. The summed E-state index contributed by atoms with van der Waals surface area (Å²) in [6.07, 6.45) is 5.64. The van der Waals surface area contributed by atoms with Gasteiger partial charge in [-0.3, -0.25) is 4.99 Å². The zero-order valence-electron chi connectivity index (χ0n) is 10.6. The van der Waals surface area contributed by atoms with Gasteiger partial charge in [0, 0.05) is 39.1 Å². The molecule has 2 rings (SSSR count). The van der Waals surface area contributed by atoms with Gasteiger partial charge in [-0.2, -0.15) is 0 Å². The van der Waals surface area contributed by atoms with Gasteiger partial charge >= 0.3 is 0 Å². The van der Waals surface area contributed by atoms with Gasteiger partial charge in [-0.1, -0.05) is 5.16 Å². The summed E-state index contributed by atoms with van der Waals surface area (Å²) in [5.74, 6) is 0.738. The molecule has 0 aromatic carbocycles. The number of rotatable bonds is 4. The molecule has 2 N–H and O–H groups in total. The third kappa shape index (κ3) is 3.38. The van der Waals surface area contributed by atoms with Gasteiger partial charge in [-0.05, 0) is 11.6 Å². The molecule has 2 aromatic rings. The van der Waals surface area contributed by atoms with Crippen molar-refractivity contribution < 1.29 is 4.52 Å². The average molecular weight is 247 g/mol. The second-order valence-electron chi connectivity index (χ2n) is 3.96. The molecule has 0 saturated heterocycles. The highest BCUT2D eigenvalue weighted by Crippen LogP contribution is 1.98. The van der Waals surface area contributed by atoms with Crippen molar-refractivity contribution in [3.8, 4) is 0 Å². The number of hydrogen-bond acceptors (Lipinski definition) is 3. The van der Waals surface area contributed by atoms with E-state index in [0.717, 1.165) is 18.2 Å². The summed E-state index contributed by atoms with van der Waals surface area (Å²) in [5, 5.41) is 10.2. The van der Waals surface area contributed by atoms with E-state index in [2.05, 4.69) is 33.0 Å². The Morgan fingerprint density at radius 2 is 2.22 bits per heavy atom. The highest BCUT2D eigenvalue weighted by molar-refractivity contribution is 5.79. The molecular weight excluding hydrogens is 230 g/mol. The third-order valence-corrected chi connectivity index (χ3v) is 2.50. The summed E-state index contributed by atoms with van der Waals surface area (Å²) >= 11 is 0. The molecule has 0 radical (unpaired) electrons. The number of aliphatic imine (C=N–C) groups is 1. The lowest BCUT2D eigenvalue weighted by atomic mass is 10.3. The monoisotopic (exact) mass is 247 g/mol. The fourth-order valence-electron chi connectivity index (χ4n) is 1.57. The quantitative estimate of drug-likeness (QED) is 0.621. The normalized spacial score (nSPS) is 11.6. The minimum absolute atomic E-state index is 0.588. The number of guanidine groups is 1. The summed E-state index contributed by atoms with van der Waals surface area (Å²) in [6.45, 7) is 1.32. The molecule has 96 valence electrons. The summed E-state index contributed by atoms with van der Waals surface area (Å²) in [6, 6.07) is 3.88. The standard InChI is InChI=1S/C12H17N5O/c1-13-12(15-8-11-4-6-18-16-11)14-7-10-3-5-17(2)9-10/h3-6,9H,7-8H2,1-2H3,(H2,13,14,15). The second kappa shape index (κ2) is 5.90. The molecule has 0 spiro atoms. The van der Waals surface area contributed by atoms with Crippen molar-refractivity contribution in [1.29, 1.82) is 0 Å². The highest BCUT2D eigenvalue weighted by atomic mass is 16.5. The maximum absolute atomic E-state index is 4.76. The SMILES string of the molecule is CN=C(NCc1ccn(C)c1)NCc1ccon1. The van der Waals surface area contributed by atoms with Gasteiger partial charge in [0.15, 0.2) is 5.96 Å². The van der Waals surface area contributed by atoms with Gasteiger partial charge in [0.2, 0.25) is 0 Å². The van der Waals surface area contributed by atoms with E-state index in [-0.39, 0.29) is 0 Å². The lowest BCUT2D eigenvalue weighted by molar-refractivity contribution is 0.410. The molecular formula is C12H17N5O. The van der Waals surface area contributed by atoms with Crippen LogP contribution in [0.4, 0.5) is 0 Å². The Hall–Kier alpha value is -2.24. The third-order valence-electron chi connectivity index (χ3n) is 2.50. The Balaban J connectivity index is 1.79. The van der Waals surface area contributed by atoms with Crippen molar-refractivity contribution in [2.24, 2.45) is 12.0 Å². The first-order valence-electron chi connectivity index (χ1n) is 5.72. The summed E-state index contributed by atoms with van der Waals surface area (Å²) < 4.78 is 6.78. The molecule has 18 heavy (non-hydrogen) atoms. The van der Waals surface area contributed by atoms with Crippen LogP contribution in [0.15, 0.2) is 40.3 Å². The molecule has 0 aliphatic rings. The lowest BCUT2D eigenvalue weighted by Gasteiger charge is -2.09. The molecule has 2 aromatic heterocycles. The molecule has 6 nitrogen and oxygen atoms in total. The average Bonchev–Trinajstić information content (AvgIpc) is 3.01. The van der Waals surface area contributed by atoms with Crippen molar-refractivity contribution in [2.45, 2.75) is 13.1 Å². The summed E-state index contributed by atoms with van der Waals surface area (Å²) in [5.41, 5.74) is 2.06. The van der Waals surface area contributed by atoms with Crippen LogP contribution in [0.1, 0.15) is 11.3 Å². The van der Waals surface area contributed by atoms with Gasteiger partial charge in [0.05, 0.1) is 6.54 Å². The largest absolute Gasteiger partial charge is 0.364 e. The van der Waals surface area contributed by atoms with E-state index in [9.17, 15) is 0 Å². The Morgan fingerprint density at radius 1 is 1.39 bits per heavy atom. The van der Waals surface area contributed by atoms with Crippen LogP contribution in [-0.2, 0) is 20.1 Å². The maximum atomic E-state index is 4.76. The number of nitrogens with zero attached hydrogens (tertiary/aromatic N) is 3. The summed E-state index contributed by atoms with van der Waals surface area (Å²) in [7, 11) is 3.74. The first-order chi connectivity index (χ1) is 8.78. The molecule has 0 saturated carbocycles. The van der Waals surface area contributed by atoms with E-state index < -0.39 is 0 Å². The second-order valence-corrected chi connectivity index (χ2v) is 3.96. The molecule has 0 aliphatic carbocycles. The van der Waals surface area contributed by atoms with Crippen molar-refractivity contribution >= 4 is 5.96 Å². The van der Waals surface area contributed by atoms with E-state index in [1.54, 1.807) is 13.3 Å². The first-order valence-corrected chi connectivity index (χ1v) is 5.72. The Kier molecular flexibility index (Phi) is 4.01. The van der Waals surface area contributed by atoms with Crippen LogP contribution in [0.3, 0.4) is 0 Å². The van der Waals surface area contributed by atoms with Gasteiger partial charge in [-0.25, -0.2) is 0 Å². The van der Waals surface area contributed by atoms with E-state index in [1.807, 2.05) is 23.9 Å². The van der Waals surface area contributed by atoms with Gasteiger partial charge in [-0.15, -0.1) is 0 Å². The molecule has 0 aliphatic heterocycles. The van der Waals surface area contributed by atoms with Gasteiger partial charge < -0.3 is 19.7 Å². The highest BCUT2D eigenvalue weighted by Gasteiger charge is 2.01. The lowest BCUT2D eigenvalue weighted by Crippen LogP contribution is -2.36. The zero-order chi connectivity index (χ0) is 12.8. The van der Waals surface area contributed by atoms with E-state index in [0.29, 0.717) is 6.54 Å². The molecule has 6 heteroatoms. The van der Waals surface area contributed by atoms with Gasteiger partial charge in [0.25, 0.3) is 0 Å². The Bertz CT molecular complexity index is 500. The van der Waals surface area contributed by atoms with E-state index in [1.165, 1.54) is 5.56 Å². The fourth-order valence-corrected chi connectivity index (χ4v) is 1.57. The Labute approximate surface area is 106 Å². The number of aryl methyl sites for hydroxylation is 1. The smallest absolute Gasteiger partial charge is 0.191 e. The van der Waals surface area contributed by atoms with Crippen LogP contribution in [-0.4, -0.2) is 22.7 Å². The van der Waals surface area contributed by atoms with Crippen molar-refractivity contribution in [3.05, 3.63) is 42.0 Å². The van der Waals surface area contributed by atoms with Crippen LogP contribution in [0.25, 0.3) is 0 Å². The predicted octanol–water partition coefficient (Wildman–Crippen LogP) is 0.878. The number of nitrogens with one attached hydrogen (secondary N) is 2. The minimum atomic E-state index is 0.588. The topological polar surface area (TPSA) is 67.4 Å². The minimum Gasteiger partial charge on any atom is -0.364 e. The van der Waals surface area contributed by atoms with Crippen molar-refractivity contribution in [1.82, 2.24) is 20.4 Å². The fraction of sp³-hybridized carbons (Fsp3) is 0.333. The van der Waals surface area contributed by atoms with Crippen molar-refractivity contribution in [2.75, 3.05) is 7.05 Å². The van der Waals surface area contributed by atoms with Crippen LogP contribution in [0, 0.1) is 0 Å². The van der Waals surface area contributed by atoms with Crippen LogP contribution in [0.2, 0.25) is 0 Å². The number of aromatic nitrogens is 2. The first kappa shape index (κ1) is 12.2. The molecule has 0 fully saturated rings. The predicted molar refractivity (Wildman–Crippen MR) is 69.0 cm³/mol. The maximum Gasteiger partial charge on any atom is 0.191 e. The molecule has 0 amide bonds. The zero-order valence-corrected chi connectivity index (χ0v) is 10.6. The van der Waals surface area contributed by atoms with Crippen LogP contribution in [0.5, 0.6) is 0 Å². The number of hydrogen-bond donors (Lipinski definition) is 2. The van der Waals surface area contributed by atoms with E-state index >= 15 is 0 Å². The summed E-state index contributed by atoms with van der Waals surface area (Å²) in [4.78, 5) is 4.14.